The van der Waals surface area contributed by atoms with Gasteiger partial charge in [-0.1, -0.05) is 36.4 Å². The molecule has 0 saturated carbocycles. The zero-order valence-electron chi connectivity index (χ0n) is 17.5. The van der Waals surface area contributed by atoms with Crippen molar-refractivity contribution in [2.75, 3.05) is 26.3 Å². The molecule has 0 N–H and O–H groups in total. The number of nitrogens with zero attached hydrogens (tertiary/aromatic N) is 4. The highest BCUT2D eigenvalue weighted by Crippen LogP contribution is 2.32. The van der Waals surface area contributed by atoms with E-state index in [1.807, 2.05) is 29.9 Å². The Morgan fingerprint density at radius 1 is 1.00 bits per heavy atom. The molecule has 1 aliphatic rings. The minimum atomic E-state index is 0.826. The molecule has 5 heteroatoms. The van der Waals surface area contributed by atoms with Crippen LogP contribution in [-0.4, -0.2) is 46.0 Å². The molecule has 0 radical (unpaired) electrons. The lowest BCUT2D eigenvalue weighted by molar-refractivity contribution is 0.0342. The molecule has 2 aromatic heterocycles. The summed E-state index contributed by atoms with van der Waals surface area (Å²) in [4.78, 5) is 7.45. The molecular formula is C25H26N4O. The van der Waals surface area contributed by atoms with Gasteiger partial charge in [-0.05, 0) is 36.2 Å². The number of fused-ring (bicyclic) bond motifs is 1. The van der Waals surface area contributed by atoms with Crippen molar-refractivity contribution in [3.8, 4) is 22.5 Å². The number of ether oxygens (including phenoxy) is 1. The zero-order valence-corrected chi connectivity index (χ0v) is 17.5. The van der Waals surface area contributed by atoms with Gasteiger partial charge in [0.15, 0.2) is 0 Å². The Morgan fingerprint density at radius 2 is 1.80 bits per heavy atom. The van der Waals surface area contributed by atoms with E-state index >= 15 is 0 Å². The predicted molar refractivity (Wildman–Crippen MR) is 120 cm³/mol. The maximum Gasteiger partial charge on any atom is 0.102 e. The van der Waals surface area contributed by atoms with Crippen molar-refractivity contribution in [2.45, 2.75) is 13.5 Å². The van der Waals surface area contributed by atoms with Crippen molar-refractivity contribution in [1.82, 2.24) is 19.7 Å². The number of morpholine rings is 1. The van der Waals surface area contributed by atoms with Crippen molar-refractivity contribution in [2.24, 2.45) is 7.05 Å². The fourth-order valence-electron chi connectivity index (χ4n) is 4.18. The fourth-order valence-corrected chi connectivity index (χ4v) is 4.18. The highest BCUT2D eigenvalue weighted by atomic mass is 16.5. The van der Waals surface area contributed by atoms with Crippen LogP contribution in [0, 0.1) is 6.92 Å². The van der Waals surface area contributed by atoms with Crippen LogP contribution in [0.25, 0.3) is 33.4 Å². The zero-order chi connectivity index (χ0) is 20.5. The largest absolute Gasteiger partial charge is 0.379 e. The molecule has 152 valence electrons. The van der Waals surface area contributed by atoms with Gasteiger partial charge in [-0.15, -0.1) is 0 Å². The fraction of sp³-hybridized carbons (Fsp3) is 0.280. The SMILES string of the molecule is Cc1cc(-c2cn(C)nc2-c2ccccc2)nc2ccc(CN3CCOCC3)cc12. The van der Waals surface area contributed by atoms with Crippen LogP contribution < -0.4 is 0 Å². The number of pyridine rings is 1. The topological polar surface area (TPSA) is 43.2 Å². The first kappa shape index (κ1) is 19.0. The number of aryl methyl sites for hydroxylation is 2. The Bertz CT molecular complexity index is 1180. The Balaban J connectivity index is 1.52. The highest BCUT2D eigenvalue weighted by Gasteiger charge is 2.16. The van der Waals surface area contributed by atoms with Crippen LogP contribution in [0.1, 0.15) is 11.1 Å². The van der Waals surface area contributed by atoms with Crippen molar-refractivity contribution < 1.29 is 4.74 Å². The van der Waals surface area contributed by atoms with Crippen LogP contribution in [-0.2, 0) is 18.3 Å². The van der Waals surface area contributed by atoms with E-state index in [-0.39, 0.29) is 0 Å². The third-order valence-corrected chi connectivity index (χ3v) is 5.74. The Hall–Kier alpha value is -3.02. The lowest BCUT2D eigenvalue weighted by atomic mass is 10.0. The van der Waals surface area contributed by atoms with Crippen LogP contribution in [0.4, 0.5) is 0 Å². The maximum absolute atomic E-state index is 5.47. The Morgan fingerprint density at radius 3 is 2.60 bits per heavy atom. The molecule has 0 aliphatic carbocycles. The number of hydrogen-bond acceptors (Lipinski definition) is 4. The van der Waals surface area contributed by atoms with Gasteiger partial charge < -0.3 is 4.74 Å². The predicted octanol–water partition coefficient (Wildman–Crippen LogP) is 4.44. The van der Waals surface area contributed by atoms with Gasteiger partial charge in [-0.25, -0.2) is 4.98 Å². The molecule has 1 saturated heterocycles. The van der Waals surface area contributed by atoms with Crippen molar-refractivity contribution >= 4 is 10.9 Å². The molecule has 30 heavy (non-hydrogen) atoms. The van der Waals surface area contributed by atoms with Gasteiger partial charge >= 0.3 is 0 Å². The standard InChI is InChI=1S/C25H26N4O/c1-18-14-24(22-17-28(2)27-25(22)20-6-4-3-5-7-20)26-23-9-8-19(15-21(18)23)16-29-10-12-30-13-11-29/h3-9,14-15,17H,10-13,16H2,1-2H3. The average Bonchev–Trinajstić information content (AvgIpc) is 3.17. The van der Waals surface area contributed by atoms with Gasteiger partial charge in [0.1, 0.15) is 5.69 Å². The van der Waals surface area contributed by atoms with E-state index in [0.717, 1.165) is 60.9 Å². The smallest absolute Gasteiger partial charge is 0.102 e. The molecule has 0 spiro atoms. The Kier molecular flexibility index (Phi) is 5.07. The van der Waals surface area contributed by atoms with E-state index in [2.05, 4.69) is 54.4 Å². The highest BCUT2D eigenvalue weighted by molar-refractivity contribution is 5.88. The van der Waals surface area contributed by atoms with Crippen molar-refractivity contribution in [3.63, 3.8) is 0 Å². The summed E-state index contributed by atoms with van der Waals surface area (Å²) in [5.41, 5.74) is 7.69. The van der Waals surface area contributed by atoms with Gasteiger partial charge in [0.05, 0.1) is 24.4 Å². The summed E-state index contributed by atoms with van der Waals surface area (Å²) >= 11 is 0. The molecule has 1 fully saturated rings. The second-order valence-electron chi connectivity index (χ2n) is 8.00. The van der Waals surface area contributed by atoms with E-state index in [0.29, 0.717) is 0 Å². The molecule has 0 bridgehead atoms. The first-order valence-electron chi connectivity index (χ1n) is 10.5. The number of hydrogen-bond donors (Lipinski definition) is 0. The molecule has 3 heterocycles. The lowest BCUT2D eigenvalue weighted by Crippen LogP contribution is -2.35. The first-order valence-corrected chi connectivity index (χ1v) is 10.5. The summed E-state index contributed by atoms with van der Waals surface area (Å²) in [6, 6.07) is 19.1. The number of aromatic nitrogens is 3. The van der Waals surface area contributed by atoms with Crippen molar-refractivity contribution in [3.05, 3.63) is 71.9 Å². The minimum absolute atomic E-state index is 0.826. The maximum atomic E-state index is 5.47. The van der Waals surface area contributed by atoms with E-state index in [4.69, 9.17) is 14.8 Å². The molecule has 0 amide bonds. The summed E-state index contributed by atoms with van der Waals surface area (Å²) in [5.74, 6) is 0. The van der Waals surface area contributed by atoms with E-state index in [9.17, 15) is 0 Å². The third kappa shape index (κ3) is 3.74. The summed E-state index contributed by atoms with van der Waals surface area (Å²) < 4.78 is 7.33. The van der Waals surface area contributed by atoms with Crippen LogP contribution in [0.5, 0.6) is 0 Å². The second kappa shape index (κ2) is 8.01. The van der Waals surface area contributed by atoms with Crippen LogP contribution in [0.3, 0.4) is 0 Å². The quantitative estimate of drug-likeness (QED) is 0.510. The summed E-state index contributed by atoms with van der Waals surface area (Å²) in [6.07, 6.45) is 2.06. The lowest BCUT2D eigenvalue weighted by Gasteiger charge is -2.26. The van der Waals surface area contributed by atoms with Gasteiger partial charge in [0, 0.05) is 49.4 Å². The van der Waals surface area contributed by atoms with Gasteiger partial charge in [-0.3, -0.25) is 9.58 Å². The molecule has 1 aliphatic heterocycles. The van der Waals surface area contributed by atoms with Crippen LogP contribution in [0.2, 0.25) is 0 Å². The third-order valence-electron chi connectivity index (χ3n) is 5.74. The molecular weight excluding hydrogens is 372 g/mol. The van der Waals surface area contributed by atoms with Gasteiger partial charge in [0.25, 0.3) is 0 Å². The number of rotatable bonds is 4. The number of benzene rings is 2. The molecule has 0 unspecified atom stereocenters. The van der Waals surface area contributed by atoms with Crippen LogP contribution >= 0.6 is 0 Å². The molecule has 4 aromatic rings. The molecule has 5 nitrogen and oxygen atoms in total. The summed E-state index contributed by atoms with van der Waals surface area (Å²) in [7, 11) is 1.96. The van der Waals surface area contributed by atoms with E-state index in [1.54, 1.807) is 0 Å². The van der Waals surface area contributed by atoms with Gasteiger partial charge in [-0.2, -0.15) is 5.10 Å². The first-order chi connectivity index (χ1) is 14.7. The van der Waals surface area contributed by atoms with E-state index in [1.165, 1.54) is 16.5 Å². The molecule has 5 rings (SSSR count). The summed E-state index contributed by atoms with van der Waals surface area (Å²) in [6.45, 7) is 6.78. The average molecular weight is 399 g/mol. The Labute approximate surface area is 176 Å². The second-order valence-corrected chi connectivity index (χ2v) is 8.00. The molecule has 0 atom stereocenters. The summed E-state index contributed by atoms with van der Waals surface area (Å²) in [5, 5.41) is 5.92. The van der Waals surface area contributed by atoms with Crippen LogP contribution in [0.15, 0.2) is 60.8 Å². The molecule has 2 aromatic carbocycles. The van der Waals surface area contributed by atoms with Crippen molar-refractivity contribution in [1.29, 1.82) is 0 Å². The monoisotopic (exact) mass is 398 g/mol. The van der Waals surface area contributed by atoms with Gasteiger partial charge in [0.2, 0.25) is 0 Å². The normalized spacial score (nSPS) is 15.0. The van der Waals surface area contributed by atoms with E-state index < -0.39 is 0 Å². The minimum Gasteiger partial charge on any atom is -0.379 e.